The number of benzene rings is 1. The fraction of sp³-hybridized carbons (Fsp3) is 0.250. The van der Waals surface area contributed by atoms with Crippen LogP contribution in [0.5, 0.6) is 11.6 Å². The Morgan fingerprint density at radius 3 is 2.61 bits per heavy atom. The van der Waals surface area contributed by atoms with Crippen LogP contribution in [0.1, 0.15) is 11.1 Å². The van der Waals surface area contributed by atoms with Gasteiger partial charge in [0.05, 0.1) is 24.8 Å². The zero-order valence-electron chi connectivity index (χ0n) is 13.0. The van der Waals surface area contributed by atoms with Gasteiger partial charge in [-0.3, -0.25) is 0 Å². The number of halogens is 1. The Labute approximate surface area is 137 Å². The number of aliphatic hydroxyl groups excluding tert-OH is 1. The molecular formula is C16H16ClN3O3. The van der Waals surface area contributed by atoms with Crippen molar-refractivity contribution in [3.05, 3.63) is 34.3 Å². The molecule has 2 N–H and O–H groups in total. The summed E-state index contributed by atoms with van der Waals surface area (Å²) in [6, 6.07) is 5.03. The Kier molecular flexibility index (Phi) is 3.87. The van der Waals surface area contributed by atoms with Crippen LogP contribution >= 0.6 is 11.6 Å². The van der Waals surface area contributed by atoms with Crippen LogP contribution in [-0.2, 0) is 13.7 Å². The van der Waals surface area contributed by atoms with Crippen LogP contribution in [0.2, 0.25) is 5.02 Å². The predicted octanol–water partition coefficient (Wildman–Crippen LogP) is 2.80. The number of methoxy groups -OCH3 is 1. The van der Waals surface area contributed by atoms with Gasteiger partial charge < -0.3 is 19.5 Å². The lowest BCUT2D eigenvalue weighted by molar-refractivity contribution is 0.272. The Bertz CT molecular complexity index is 882. The van der Waals surface area contributed by atoms with Crippen LogP contribution in [-0.4, -0.2) is 31.9 Å². The van der Waals surface area contributed by atoms with E-state index in [2.05, 4.69) is 9.97 Å². The molecule has 2 heterocycles. The standard InChI is InChI=1S/C16H16ClN3O3/c1-8-4-10(17)6-12(22)13(8)15-18-14-11(20(15)2)5-9(7-21)16(19-14)23-3/h4-6,21-22H,7H2,1-3H3. The van der Waals surface area contributed by atoms with Crippen molar-refractivity contribution in [3.63, 3.8) is 0 Å². The van der Waals surface area contributed by atoms with Crippen molar-refractivity contribution in [3.8, 4) is 23.0 Å². The van der Waals surface area contributed by atoms with E-state index in [1.165, 1.54) is 13.2 Å². The summed E-state index contributed by atoms with van der Waals surface area (Å²) < 4.78 is 6.99. The van der Waals surface area contributed by atoms with E-state index < -0.39 is 0 Å². The van der Waals surface area contributed by atoms with Crippen LogP contribution in [0.25, 0.3) is 22.6 Å². The maximum absolute atomic E-state index is 10.3. The maximum Gasteiger partial charge on any atom is 0.220 e. The van der Waals surface area contributed by atoms with Gasteiger partial charge in [-0.25, -0.2) is 4.98 Å². The van der Waals surface area contributed by atoms with Crippen LogP contribution in [0.3, 0.4) is 0 Å². The minimum absolute atomic E-state index is 0.0581. The van der Waals surface area contributed by atoms with E-state index >= 15 is 0 Å². The number of aromatic hydroxyl groups is 1. The molecule has 0 saturated heterocycles. The number of hydrogen-bond donors (Lipinski definition) is 2. The van der Waals surface area contributed by atoms with E-state index in [4.69, 9.17) is 16.3 Å². The number of phenols is 1. The van der Waals surface area contributed by atoms with Crippen molar-refractivity contribution in [2.24, 2.45) is 7.05 Å². The van der Waals surface area contributed by atoms with Crippen LogP contribution in [0.15, 0.2) is 18.2 Å². The molecule has 120 valence electrons. The van der Waals surface area contributed by atoms with Crippen molar-refractivity contribution in [2.75, 3.05) is 7.11 Å². The summed E-state index contributed by atoms with van der Waals surface area (Å²) in [4.78, 5) is 8.83. The first-order chi connectivity index (χ1) is 11.0. The minimum atomic E-state index is -0.183. The first kappa shape index (κ1) is 15.6. The number of nitrogens with zero attached hydrogens (tertiary/aromatic N) is 3. The molecule has 0 spiro atoms. The average Bonchev–Trinajstić information content (AvgIpc) is 2.81. The number of aromatic nitrogens is 3. The lowest BCUT2D eigenvalue weighted by Crippen LogP contribution is -1.97. The lowest BCUT2D eigenvalue weighted by Gasteiger charge is -2.09. The van der Waals surface area contributed by atoms with Crippen molar-refractivity contribution in [2.45, 2.75) is 13.5 Å². The molecule has 0 saturated carbocycles. The van der Waals surface area contributed by atoms with Crippen LogP contribution < -0.4 is 4.74 Å². The molecule has 3 rings (SSSR count). The first-order valence-electron chi connectivity index (χ1n) is 6.97. The minimum Gasteiger partial charge on any atom is -0.507 e. The highest BCUT2D eigenvalue weighted by Crippen LogP contribution is 2.36. The van der Waals surface area contributed by atoms with Gasteiger partial charge >= 0.3 is 0 Å². The number of aliphatic hydroxyl groups is 1. The van der Waals surface area contributed by atoms with Crippen molar-refractivity contribution in [1.82, 2.24) is 14.5 Å². The molecule has 0 atom stereocenters. The second-order valence-corrected chi connectivity index (χ2v) is 5.71. The lowest BCUT2D eigenvalue weighted by atomic mass is 10.1. The molecular weight excluding hydrogens is 318 g/mol. The van der Waals surface area contributed by atoms with Gasteiger partial charge in [-0.2, -0.15) is 4.98 Å². The van der Waals surface area contributed by atoms with Crippen molar-refractivity contribution in [1.29, 1.82) is 0 Å². The third-order valence-electron chi connectivity index (χ3n) is 3.78. The molecule has 0 bridgehead atoms. The van der Waals surface area contributed by atoms with Crippen molar-refractivity contribution < 1.29 is 14.9 Å². The fourth-order valence-electron chi connectivity index (χ4n) is 2.67. The summed E-state index contributed by atoms with van der Waals surface area (Å²) in [5.74, 6) is 0.959. The summed E-state index contributed by atoms with van der Waals surface area (Å²) >= 11 is 5.96. The highest BCUT2D eigenvalue weighted by Gasteiger charge is 2.19. The SMILES string of the molecule is COc1nc2nc(-c3c(C)cc(Cl)cc3O)n(C)c2cc1CO. The Balaban J connectivity index is 2.30. The largest absolute Gasteiger partial charge is 0.507 e. The molecule has 0 aliphatic heterocycles. The normalized spacial score (nSPS) is 11.2. The third-order valence-corrected chi connectivity index (χ3v) is 4.00. The Hall–Kier alpha value is -2.31. The molecule has 3 aromatic rings. The van der Waals surface area contributed by atoms with Gasteiger partial charge in [-0.1, -0.05) is 11.6 Å². The number of phenolic OH excluding ortho intramolecular Hbond substituents is 1. The van der Waals surface area contributed by atoms with Crippen LogP contribution in [0, 0.1) is 6.92 Å². The summed E-state index contributed by atoms with van der Waals surface area (Å²) in [6.07, 6.45) is 0. The number of fused-ring (bicyclic) bond motifs is 1. The van der Waals surface area contributed by atoms with E-state index in [9.17, 15) is 10.2 Å². The summed E-state index contributed by atoms with van der Waals surface area (Å²) in [5, 5.41) is 20.2. The molecule has 6 nitrogen and oxygen atoms in total. The zero-order chi connectivity index (χ0) is 16.7. The van der Waals surface area contributed by atoms with E-state index in [1.807, 2.05) is 18.5 Å². The number of ether oxygens (including phenoxy) is 1. The van der Waals surface area contributed by atoms with E-state index in [0.29, 0.717) is 33.5 Å². The molecule has 0 unspecified atom stereocenters. The number of imidazole rings is 1. The second kappa shape index (κ2) is 5.72. The summed E-state index contributed by atoms with van der Waals surface area (Å²) in [7, 11) is 3.32. The topological polar surface area (TPSA) is 80.4 Å². The highest BCUT2D eigenvalue weighted by atomic mass is 35.5. The van der Waals surface area contributed by atoms with Crippen molar-refractivity contribution >= 4 is 22.8 Å². The summed E-state index contributed by atoms with van der Waals surface area (Å²) in [5.41, 5.74) is 3.19. The van der Waals surface area contributed by atoms with Gasteiger partial charge in [0, 0.05) is 17.6 Å². The molecule has 0 amide bonds. The molecule has 0 aliphatic carbocycles. The average molecular weight is 334 g/mol. The molecule has 0 radical (unpaired) electrons. The molecule has 0 aliphatic rings. The molecule has 1 aromatic carbocycles. The second-order valence-electron chi connectivity index (χ2n) is 5.27. The summed E-state index contributed by atoms with van der Waals surface area (Å²) in [6.45, 7) is 1.67. The van der Waals surface area contributed by atoms with E-state index in [-0.39, 0.29) is 12.4 Å². The Morgan fingerprint density at radius 2 is 2.00 bits per heavy atom. The number of hydrogen-bond acceptors (Lipinski definition) is 5. The molecule has 0 fully saturated rings. The Morgan fingerprint density at radius 1 is 1.26 bits per heavy atom. The predicted molar refractivity (Wildman–Crippen MR) is 87.8 cm³/mol. The highest BCUT2D eigenvalue weighted by molar-refractivity contribution is 6.31. The first-order valence-corrected chi connectivity index (χ1v) is 7.34. The van der Waals surface area contributed by atoms with Gasteiger partial charge in [0.1, 0.15) is 11.6 Å². The third kappa shape index (κ3) is 2.50. The zero-order valence-corrected chi connectivity index (χ0v) is 13.7. The van der Waals surface area contributed by atoms with Gasteiger partial charge in [0.25, 0.3) is 0 Å². The van der Waals surface area contributed by atoms with E-state index in [1.54, 1.807) is 12.1 Å². The quantitative estimate of drug-likeness (QED) is 0.770. The number of aryl methyl sites for hydroxylation is 2. The van der Waals surface area contributed by atoms with Gasteiger partial charge in [-0.15, -0.1) is 0 Å². The molecule has 23 heavy (non-hydrogen) atoms. The van der Waals surface area contributed by atoms with Gasteiger partial charge in [0.2, 0.25) is 5.88 Å². The maximum atomic E-state index is 10.3. The van der Waals surface area contributed by atoms with Crippen LogP contribution in [0.4, 0.5) is 0 Å². The van der Waals surface area contributed by atoms with E-state index in [0.717, 1.165) is 11.1 Å². The molecule has 7 heteroatoms. The number of pyridine rings is 1. The molecule has 2 aromatic heterocycles. The fourth-order valence-corrected chi connectivity index (χ4v) is 2.93. The number of rotatable bonds is 3. The van der Waals surface area contributed by atoms with Gasteiger partial charge in [-0.05, 0) is 30.7 Å². The van der Waals surface area contributed by atoms with Gasteiger partial charge in [0.15, 0.2) is 5.65 Å². The monoisotopic (exact) mass is 333 g/mol. The smallest absolute Gasteiger partial charge is 0.220 e.